The fraction of sp³-hybridized carbons (Fsp3) is 0.556. The van der Waals surface area contributed by atoms with Crippen LogP contribution in [0.1, 0.15) is 20.3 Å². The minimum atomic E-state index is -3.30. The number of rotatable bonds is 5. The molecule has 0 bridgehead atoms. The Bertz CT molecular complexity index is 389. The quantitative estimate of drug-likeness (QED) is 0.825. The lowest BCUT2D eigenvalue weighted by molar-refractivity contribution is 0.577. The Kier molecular flexibility index (Phi) is 4.02. The Morgan fingerprint density at radius 2 is 1.93 bits per heavy atom. The molecule has 0 unspecified atom stereocenters. The van der Waals surface area contributed by atoms with Crippen molar-refractivity contribution in [3.05, 3.63) is 18.5 Å². The Labute approximate surface area is 90.0 Å². The van der Waals surface area contributed by atoms with Crippen LogP contribution in [0.5, 0.6) is 0 Å². The minimum Gasteiger partial charge on any atom is -0.251 e. The Morgan fingerprint density at radius 3 is 2.47 bits per heavy atom. The Hall–Kier alpha value is -1.17. The van der Waals surface area contributed by atoms with Gasteiger partial charge in [-0.3, -0.25) is 4.72 Å². The van der Waals surface area contributed by atoms with E-state index in [9.17, 15) is 8.42 Å². The van der Waals surface area contributed by atoms with Crippen LogP contribution >= 0.6 is 0 Å². The van der Waals surface area contributed by atoms with Crippen molar-refractivity contribution in [1.29, 1.82) is 0 Å². The van der Waals surface area contributed by atoms with Gasteiger partial charge in [0.05, 0.1) is 5.75 Å². The first-order chi connectivity index (χ1) is 6.99. The highest BCUT2D eigenvalue weighted by Gasteiger charge is 2.12. The number of hydrogen-bond acceptors (Lipinski definition) is 4. The van der Waals surface area contributed by atoms with Crippen LogP contribution in [0.3, 0.4) is 0 Å². The Balaban J connectivity index is 2.57. The van der Waals surface area contributed by atoms with Gasteiger partial charge in [0, 0.05) is 12.4 Å². The van der Waals surface area contributed by atoms with Gasteiger partial charge in [-0.25, -0.2) is 18.4 Å². The molecule has 1 aromatic heterocycles. The van der Waals surface area contributed by atoms with Gasteiger partial charge < -0.3 is 0 Å². The molecule has 0 amide bonds. The average molecular weight is 229 g/mol. The van der Waals surface area contributed by atoms with E-state index >= 15 is 0 Å². The maximum absolute atomic E-state index is 11.5. The summed E-state index contributed by atoms with van der Waals surface area (Å²) in [5.41, 5.74) is 0. The summed E-state index contributed by atoms with van der Waals surface area (Å²) in [5, 5.41) is 0. The molecule has 1 aromatic rings. The summed E-state index contributed by atoms with van der Waals surface area (Å²) in [6, 6.07) is 1.63. The molecule has 5 nitrogen and oxygen atoms in total. The molecule has 0 saturated heterocycles. The van der Waals surface area contributed by atoms with Crippen LogP contribution in [0.2, 0.25) is 0 Å². The summed E-state index contributed by atoms with van der Waals surface area (Å²) >= 11 is 0. The first kappa shape index (κ1) is 11.9. The molecule has 1 heterocycles. The van der Waals surface area contributed by atoms with Crippen molar-refractivity contribution >= 4 is 16.0 Å². The molecule has 15 heavy (non-hydrogen) atoms. The van der Waals surface area contributed by atoms with E-state index in [2.05, 4.69) is 14.7 Å². The number of sulfonamides is 1. The van der Waals surface area contributed by atoms with Crippen LogP contribution in [0.4, 0.5) is 5.95 Å². The molecule has 0 saturated carbocycles. The highest BCUT2D eigenvalue weighted by Crippen LogP contribution is 2.05. The van der Waals surface area contributed by atoms with Gasteiger partial charge in [0.2, 0.25) is 16.0 Å². The zero-order chi connectivity index (χ0) is 11.3. The largest absolute Gasteiger partial charge is 0.251 e. The maximum Gasteiger partial charge on any atom is 0.236 e. The lowest BCUT2D eigenvalue weighted by atomic mass is 10.2. The van der Waals surface area contributed by atoms with Crippen molar-refractivity contribution in [1.82, 2.24) is 9.97 Å². The van der Waals surface area contributed by atoms with E-state index in [0.29, 0.717) is 12.3 Å². The van der Waals surface area contributed by atoms with Crippen LogP contribution in [0.25, 0.3) is 0 Å². The predicted octanol–water partition coefficient (Wildman–Crippen LogP) is 1.26. The molecule has 0 aliphatic rings. The highest BCUT2D eigenvalue weighted by molar-refractivity contribution is 7.92. The molecule has 1 rings (SSSR count). The molecule has 0 radical (unpaired) electrons. The first-order valence-electron chi connectivity index (χ1n) is 4.77. The van der Waals surface area contributed by atoms with Crippen LogP contribution in [0.15, 0.2) is 18.5 Å². The van der Waals surface area contributed by atoms with Crippen molar-refractivity contribution in [2.45, 2.75) is 20.3 Å². The molecular weight excluding hydrogens is 214 g/mol. The maximum atomic E-state index is 11.5. The van der Waals surface area contributed by atoms with Gasteiger partial charge in [0.15, 0.2) is 0 Å². The fourth-order valence-corrected chi connectivity index (χ4v) is 2.20. The van der Waals surface area contributed by atoms with Gasteiger partial charge in [-0.1, -0.05) is 13.8 Å². The van der Waals surface area contributed by atoms with Crippen molar-refractivity contribution in [2.24, 2.45) is 5.92 Å². The summed E-state index contributed by atoms with van der Waals surface area (Å²) in [5.74, 6) is 0.586. The number of nitrogens with one attached hydrogen (secondary N) is 1. The molecule has 6 heteroatoms. The van der Waals surface area contributed by atoms with Crippen molar-refractivity contribution in [3.8, 4) is 0 Å². The van der Waals surface area contributed by atoms with Crippen LogP contribution < -0.4 is 4.72 Å². The summed E-state index contributed by atoms with van der Waals surface area (Å²) in [7, 11) is -3.30. The summed E-state index contributed by atoms with van der Waals surface area (Å²) < 4.78 is 25.4. The number of aromatic nitrogens is 2. The van der Waals surface area contributed by atoms with E-state index in [4.69, 9.17) is 0 Å². The number of nitrogens with zero attached hydrogens (tertiary/aromatic N) is 2. The normalized spacial score (nSPS) is 11.7. The zero-order valence-corrected chi connectivity index (χ0v) is 9.66. The molecule has 0 fully saturated rings. The molecule has 0 aliphatic heterocycles. The number of anilines is 1. The second kappa shape index (κ2) is 5.06. The molecule has 0 aliphatic carbocycles. The van der Waals surface area contributed by atoms with E-state index in [1.165, 1.54) is 12.4 Å². The molecule has 1 N–H and O–H groups in total. The van der Waals surface area contributed by atoms with Gasteiger partial charge in [-0.15, -0.1) is 0 Å². The van der Waals surface area contributed by atoms with E-state index in [1.807, 2.05) is 13.8 Å². The van der Waals surface area contributed by atoms with Crippen LogP contribution in [0, 0.1) is 5.92 Å². The highest BCUT2D eigenvalue weighted by atomic mass is 32.2. The molecular formula is C9H15N3O2S. The topological polar surface area (TPSA) is 72.0 Å². The Morgan fingerprint density at radius 1 is 1.33 bits per heavy atom. The van der Waals surface area contributed by atoms with Crippen molar-refractivity contribution in [2.75, 3.05) is 10.5 Å². The summed E-state index contributed by atoms with van der Waals surface area (Å²) in [4.78, 5) is 7.58. The minimum absolute atomic E-state index is 0.100. The van der Waals surface area contributed by atoms with E-state index in [1.54, 1.807) is 6.07 Å². The van der Waals surface area contributed by atoms with Gasteiger partial charge in [-0.05, 0) is 18.4 Å². The first-order valence-corrected chi connectivity index (χ1v) is 6.42. The third-order valence-corrected chi connectivity index (χ3v) is 3.04. The lowest BCUT2D eigenvalue weighted by Gasteiger charge is -2.07. The molecule has 0 atom stereocenters. The van der Waals surface area contributed by atoms with E-state index in [-0.39, 0.29) is 11.7 Å². The fourth-order valence-electron chi connectivity index (χ4n) is 0.933. The standard InChI is InChI=1S/C9H15N3O2S/c1-8(2)4-7-15(13,14)12-9-10-5-3-6-11-9/h3,5-6,8H,4,7H2,1-2H3,(H,10,11,12). The predicted molar refractivity (Wildman–Crippen MR) is 58.9 cm³/mol. The summed E-state index contributed by atoms with van der Waals surface area (Å²) in [6.45, 7) is 3.96. The van der Waals surface area contributed by atoms with Gasteiger partial charge >= 0.3 is 0 Å². The summed E-state index contributed by atoms with van der Waals surface area (Å²) in [6.07, 6.45) is 3.61. The third kappa shape index (κ3) is 4.73. The molecule has 0 aromatic carbocycles. The lowest BCUT2D eigenvalue weighted by Crippen LogP contribution is -2.19. The SMILES string of the molecule is CC(C)CCS(=O)(=O)Nc1ncccn1. The van der Waals surface area contributed by atoms with E-state index < -0.39 is 10.0 Å². The average Bonchev–Trinajstić information content (AvgIpc) is 2.16. The van der Waals surface area contributed by atoms with Crippen LogP contribution in [-0.4, -0.2) is 24.1 Å². The second-order valence-corrected chi connectivity index (χ2v) is 5.52. The zero-order valence-electron chi connectivity index (χ0n) is 8.84. The van der Waals surface area contributed by atoms with Gasteiger partial charge in [-0.2, -0.15) is 0 Å². The molecule has 0 spiro atoms. The van der Waals surface area contributed by atoms with Crippen molar-refractivity contribution in [3.63, 3.8) is 0 Å². The van der Waals surface area contributed by atoms with E-state index in [0.717, 1.165) is 0 Å². The number of hydrogen-bond donors (Lipinski definition) is 1. The smallest absolute Gasteiger partial charge is 0.236 e. The second-order valence-electron chi connectivity index (χ2n) is 3.68. The molecule has 84 valence electrons. The van der Waals surface area contributed by atoms with Crippen LogP contribution in [-0.2, 0) is 10.0 Å². The van der Waals surface area contributed by atoms with Crippen molar-refractivity contribution < 1.29 is 8.42 Å². The monoisotopic (exact) mass is 229 g/mol. The van der Waals surface area contributed by atoms with Gasteiger partial charge in [0.1, 0.15) is 0 Å². The third-order valence-electron chi connectivity index (χ3n) is 1.78. The van der Waals surface area contributed by atoms with Gasteiger partial charge in [0.25, 0.3) is 0 Å².